The first-order chi connectivity index (χ1) is 13.5. The first-order valence-corrected chi connectivity index (χ1v) is 9.49. The summed E-state index contributed by atoms with van der Waals surface area (Å²) in [5.41, 5.74) is 4.74. The van der Waals surface area contributed by atoms with Crippen molar-refractivity contribution in [3.63, 3.8) is 0 Å². The van der Waals surface area contributed by atoms with Crippen molar-refractivity contribution in [2.75, 3.05) is 13.1 Å². The van der Waals surface area contributed by atoms with E-state index >= 15 is 0 Å². The number of rotatable bonds is 7. The molecule has 0 spiro atoms. The highest BCUT2D eigenvalue weighted by Crippen LogP contribution is 2.15. The predicted octanol–water partition coefficient (Wildman–Crippen LogP) is 2.67. The maximum atomic E-state index is 12.3. The molecule has 2 aromatic carbocycles. The van der Waals surface area contributed by atoms with Crippen molar-refractivity contribution in [2.45, 2.75) is 26.7 Å². The Morgan fingerprint density at radius 2 is 1.75 bits per heavy atom. The fourth-order valence-corrected chi connectivity index (χ4v) is 3.20. The molecule has 0 aliphatic carbocycles. The zero-order valence-corrected chi connectivity index (χ0v) is 16.6. The van der Waals surface area contributed by atoms with Crippen LogP contribution in [0.15, 0.2) is 42.5 Å². The van der Waals surface area contributed by atoms with Crippen LogP contribution in [0.1, 0.15) is 33.7 Å². The van der Waals surface area contributed by atoms with E-state index in [-0.39, 0.29) is 11.8 Å². The number of imidazole rings is 1. The Morgan fingerprint density at radius 1 is 1.00 bits per heavy atom. The number of aromatic nitrogens is 2. The molecule has 28 heavy (non-hydrogen) atoms. The van der Waals surface area contributed by atoms with Gasteiger partial charge in [0, 0.05) is 38.5 Å². The van der Waals surface area contributed by atoms with E-state index in [1.54, 1.807) is 0 Å². The third-order valence-electron chi connectivity index (χ3n) is 5.04. The van der Waals surface area contributed by atoms with Gasteiger partial charge in [-0.1, -0.05) is 24.3 Å². The van der Waals surface area contributed by atoms with Gasteiger partial charge in [-0.05, 0) is 43.2 Å². The summed E-state index contributed by atoms with van der Waals surface area (Å²) >= 11 is 0. The summed E-state index contributed by atoms with van der Waals surface area (Å²) in [6, 6.07) is 13.6. The summed E-state index contributed by atoms with van der Waals surface area (Å²) < 4.78 is 2.02. The lowest BCUT2D eigenvalue weighted by Gasteiger charge is -2.10. The summed E-state index contributed by atoms with van der Waals surface area (Å²) in [5.74, 6) is 0.725. The number of hydrogen-bond acceptors (Lipinski definition) is 3. The zero-order valence-electron chi connectivity index (χ0n) is 16.6. The highest BCUT2D eigenvalue weighted by Gasteiger charge is 2.11. The molecule has 0 bridgehead atoms. The van der Waals surface area contributed by atoms with Crippen LogP contribution in [0.5, 0.6) is 0 Å². The lowest BCUT2D eigenvalue weighted by atomic mass is 10.0. The SMILES string of the molecule is Cc1cccc(C(=O)NCCNC(=O)CCc2nc3ccccc3n2C)c1C. The minimum Gasteiger partial charge on any atom is -0.354 e. The van der Waals surface area contributed by atoms with Gasteiger partial charge >= 0.3 is 0 Å². The van der Waals surface area contributed by atoms with Gasteiger partial charge in [-0.3, -0.25) is 9.59 Å². The summed E-state index contributed by atoms with van der Waals surface area (Å²) in [5, 5.41) is 5.70. The summed E-state index contributed by atoms with van der Waals surface area (Å²) in [7, 11) is 1.96. The molecule has 0 aliphatic rings. The highest BCUT2D eigenvalue weighted by molar-refractivity contribution is 5.95. The monoisotopic (exact) mass is 378 g/mol. The quantitative estimate of drug-likeness (QED) is 0.621. The molecule has 2 amide bonds. The second-order valence-electron chi connectivity index (χ2n) is 6.93. The first kappa shape index (κ1) is 19.6. The van der Waals surface area contributed by atoms with Crippen LogP contribution in [-0.2, 0) is 18.3 Å². The Bertz CT molecular complexity index is 1010. The molecule has 0 unspecified atom stereocenters. The van der Waals surface area contributed by atoms with Gasteiger partial charge in [0.1, 0.15) is 5.82 Å². The minimum absolute atomic E-state index is 0.0481. The van der Waals surface area contributed by atoms with Crippen LogP contribution in [0, 0.1) is 13.8 Å². The molecule has 0 fully saturated rings. The van der Waals surface area contributed by atoms with Gasteiger partial charge in [-0.15, -0.1) is 0 Å². The molecule has 1 heterocycles. The van der Waals surface area contributed by atoms with Gasteiger partial charge in [0.2, 0.25) is 5.91 Å². The molecule has 0 saturated heterocycles. The Kier molecular flexibility index (Phi) is 6.09. The number of hydrogen-bond donors (Lipinski definition) is 2. The van der Waals surface area contributed by atoms with Crippen molar-refractivity contribution in [3.8, 4) is 0 Å². The van der Waals surface area contributed by atoms with E-state index in [1.165, 1.54) is 0 Å². The Morgan fingerprint density at radius 3 is 2.54 bits per heavy atom. The third kappa shape index (κ3) is 4.39. The number of amides is 2. The topological polar surface area (TPSA) is 76.0 Å². The van der Waals surface area contributed by atoms with Crippen LogP contribution >= 0.6 is 0 Å². The molecule has 3 rings (SSSR count). The zero-order chi connectivity index (χ0) is 20.1. The number of carbonyl (C=O) groups is 2. The Balaban J connectivity index is 1.42. The molecule has 3 aromatic rings. The van der Waals surface area contributed by atoms with Gasteiger partial charge in [0.15, 0.2) is 0 Å². The molecule has 0 atom stereocenters. The molecule has 6 heteroatoms. The van der Waals surface area contributed by atoms with Crippen LogP contribution in [-0.4, -0.2) is 34.5 Å². The van der Waals surface area contributed by atoms with Gasteiger partial charge in [0.25, 0.3) is 5.91 Å². The van der Waals surface area contributed by atoms with E-state index in [0.717, 1.165) is 28.0 Å². The second-order valence-corrected chi connectivity index (χ2v) is 6.93. The first-order valence-electron chi connectivity index (χ1n) is 9.49. The van der Waals surface area contributed by atoms with Crippen molar-refractivity contribution in [3.05, 3.63) is 65.0 Å². The van der Waals surface area contributed by atoms with Crippen LogP contribution in [0.2, 0.25) is 0 Å². The molecule has 6 nitrogen and oxygen atoms in total. The van der Waals surface area contributed by atoms with Crippen molar-refractivity contribution in [1.29, 1.82) is 0 Å². The van der Waals surface area contributed by atoms with Crippen molar-refractivity contribution >= 4 is 22.8 Å². The van der Waals surface area contributed by atoms with Gasteiger partial charge in [-0.2, -0.15) is 0 Å². The molecule has 0 aliphatic heterocycles. The molecule has 0 radical (unpaired) electrons. The van der Waals surface area contributed by atoms with Crippen LogP contribution in [0.3, 0.4) is 0 Å². The number of nitrogens with zero attached hydrogens (tertiary/aromatic N) is 2. The lowest BCUT2D eigenvalue weighted by Crippen LogP contribution is -2.35. The summed E-state index contributed by atoms with van der Waals surface area (Å²) in [4.78, 5) is 28.9. The average Bonchev–Trinajstić information content (AvgIpc) is 3.01. The summed E-state index contributed by atoms with van der Waals surface area (Å²) in [6.07, 6.45) is 0.938. The number of para-hydroxylation sites is 2. The fourth-order valence-electron chi connectivity index (χ4n) is 3.20. The van der Waals surface area contributed by atoms with E-state index < -0.39 is 0 Å². The maximum Gasteiger partial charge on any atom is 0.251 e. The van der Waals surface area contributed by atoms with Crippen LogP contribution in [0.4, 0.5) is 0 Å². The largest absolute Gasteiger partial charge is 0.354 e. The molecule has 146 valence electrons. The van der Waals surface area contributed by atoms with Crippen LogP contribution in [0.25, 0.3) is 11.0 Å². The smallest absolute Gasteiger partial charge is 0.251 e. The molecular formula is C22H26N4O2. The molecule has 2 N–H and O–H groups in total. The molecular weight excluding hydrogens is 352 g/mol. The predicted molar refractivity (Wildman–Crippen MR) is 110 cm³/mol. The van der Waals surface area contributed by atoms with Crippen molar-refractivity contribution < 1.29 is 9.59 Å². The normalized spacial score (nSPS) is 10.8. The van der Waals surface area contributed by atoms with Gasteiger partial charge in [0.05, 0.1) is 11.0 Å². The minimum atomic E-state index is -0.116. The standard InChI is InChI=1S/C22H26N4O2/c1-15-7-6-8-17(16(15)2)22(28)24-14-13-23-21(27)12-11-20-25-18-9-4-5-10-19(18)26(20)3/h4-10H,11-14H2,1-3H3,(H,23,27)(H,24,28). The number of aryl methyl sites for hydroxylation is 3. The highest BCUT2D eigenvalue weighted by atomic mass is 16.2. The Hall–Kier alpha value is -3.15. The van der Waals surface area contributed by atoms with E-state index in [4.69, 9.17) is 0 Å². The fraction of sp³-hybridized carbons (Fsp3) is 0.318. The van der Waals surface area contributed by atoms with E-state index in [9.17, 15) is 9.59 Å². The number of benzene rings is 2. The number of nitrogens with one attached hydrogen (secondary N) is 2. The molecule has 0 saturated carbocycles. The van der Waals surface area contributed by atoms with E-state index in [2.05, 4.69) is 15.6 Å². The van der Waals surface area contributed by atoms with Crippen molar-refractivity contribution in [2.24, 2.45) is 7.05 Å². The Labute approximate surface area is 165 Å². The summed E-state index contributed by atoms with van der Waals surface area (Å²) in [6.45, 7) is 4.71. The van der Waals surface area contributed by atoms with Gasteiger partial charge < -0.3 is 15.2 Å². The number of carbonyl (C=O) groups excluding carboxylic acids is 2. The average molecular weight is 378 g/mol. The van der Waals surface area contributed by atoms with Gasteiger partial charge in [-0.25, -0.2) is 4.98 Å². The van der Waals surface area contributed by atoms with E-state index in [1.807, 2.05) is 67.9 Å². The molecule has 1 aromatic heterocycles. The lowest BCUT2D eigenvalue weighted by molar-refractivity contribution is -0.121. The van der Waals surface area contributed by atoms with Crippen LogP contribution < -0.4 is 10.6 Å². The maximum absolute atomic E-state index is 12.3. The third-order valence-corrected chi connectivity index (χ3v) is 5.04. The van der Waals surface area contributed by atoms with E-state index in [0.29, 0.717) is 31.5 Å². The van der Waals surface area contributed by atoms with Crippen molar-refractivity contribution in [1.82, 2.24) is 20.2 Å². The number of fused-ring (bicyclic) bond motifs is 1. The second kappa shape index (κ2) is 8.69.